The van der Waals surface area contributed by atoms with Crippen molar-refractivity contribution in [1.29, 1.82) is 0 Å². The molecule has 41 heavy (non-hydrogen) atoms. The molecule has 1 fully saturated rings. The number of hydrogen-bond acceptors (Lipinski definition) is 13. The highest BCUT2D eigenvalue weighted by atomic mass is 32.2. The van der Waals surface area contributed by atoms with Gasteiger partial charge in [0.05, 0.1) is 28.7 Å². The van der Waals surface area contributed by atoms with Crippen molar-refractivity contribution in [3.05, 3.63) is 48.0 Å². The minimum atomic E-state index is -1.57. The molecular formula is C28H38N2O10S. The van der Waals surface area contributed by atoms with Crippen molar-refractivity contribution in [3.63, 3.8) is 0 Å². The average Bonchev–Trinajstić information content (AvgIpc) is 2.97. The first kappa shape index (κ1) is 32.6. The van der Waals surface area contributed by atoms with Crippen molar-refractivity contribution in [2.75, 3.05) is 25.3 Å². The summed E-state index contributed by atoms with van der Waals surface area (Å²) in [5.74, 6) is -0.754. The molecule has 0 saturated carbocycles. The van der Waals surface area contributed by atoms with Crippen LogP contribution in [0.5, 0.6) is 11.5 Å². The summed E-state index contributed by atoms with van der Waals surface area (Å²) in [6.07, 6.45) is -5.13. The molecule has 1 saturated heterocycles. The molecular weight excluding hydrogens is 556 g/mol. The SMILES string of the molecule is CCCCNc1cc(C(=O)OCOC(=O)C(C)C)cc(SNC2O[C@H](CO)[C@@H](O)[C@H](O)[C@H]2O)c1Oc1ccccc1. The van der Waals surface area contributed by atoms with Gasteiger partial charge in [-0.3, -0.25) is 4.79 Å². The Labute approximate surface area is 243 Å². The highest BCUT2D eigenvalue weighted by Crippen LogP contribution is 2.40. The molecule has 0 amide bonds. The first-order chi connectivity index (χ1) is 19.7. The molecule has 0 bridgehead atoms. The lowest BCUT2D eigenvalue weighted by Crippen LogP contribution is -2.61. The molecule has 2 aromatic rings. The van der Waals surface area contributed by atoms with E-state index in [4.69, 9.17) is 18.9 Å². The largest absolute Gasteiger partial charge is 0.454 e. The van der Waals surface area contributed by atoms with Crippen molar-refractivity contribution < 1.29 is 49.0 Å². The van der Waals surface area contributed by atoms with Crippen LogP contribution in [0, 0.1) is 5.92 Å². The molecule has 1 aliphatic rings. The molecule has 1 aliphatic heterocycles. The summed E-state index contributed by atoms with van der Waals surface area (Å²) in [4.78, 5) is 25.1. The molecule has 0 spiro atoms. The van der Waals surface area contributed by atoms with Gasteiger partial charge in [0.2, 0.25) is 6.79 Å². The van der Waals surface area contributed by atoms with Crippen LogP contribution in [0.15, 0.2) is 47.4 Å². The number of benzene rings is 2. The molecule has 0 aromatic heterocycles. The molecule has 1 unspecified atom stereocenters. The van der Waals surface area contributed by atoms with Gasteiger partial charge in [-0.15, -0.1) is 0 Å². The summed E-state index contributed by atoms with van der Waals surface area (Å²) in [6.45, 7) is 4.82. The third kappa shape index (κ3) is 9.04. The number of unbranched alkanes of at least 4 members (excludes halogenated alkanes) is 1. The van der Waals surface area contributed by atoms with Crippen LogP contribution in [0.2, 0.25) is 0 Å². The highest BCUT2D eigenvalue weighted by Gasteiger charge is 2.43. The van der Waals surface area contributed by atoms with Gasteiger partial charge >= 0.3 is 11.9 Å². The van der Waals surface area contributed by atoms with Crippen LogP contribution in [0.25, 0.3) is 0 Å². The van der Waals surface area contributed by atoms with E-state index in [9.17, 15) is 30.0 Å². The number of anilines is 1. The van der Waals surface area contributed by atoms with E-state index in [0.717, 1.165) is 24.8 Å². The van der Waals surface area contributed by atoms with E-state index in [0.29, 0.717) is 28.6 Å². The fourth-order valence-corrected chi connectivity index (χ4v) is 4.62. The zero-order chi connectivity index (χ0) is 29.9. The third-order valence-electron chi connectivity index (χ3n) is 6.14. The van der Waals surface area contributed by atoms with Crippen LogP contribution in [0.1, 0.15) is 44.0 Å². The Kier molecular flexibility index (Phi) is 12.7. The molecule has 226 valence electrons. The summed E-state index contributed by atoms with van der Waals surface area (Å²) < 4.78 is 24.8. The van der Waals surface area contributed by atoms with E-state index in [1.165, 1.54) is 6.07 Å². The zero-order valence-electron chi connectivity index (χ0n) is 23.2. The fourth-order valence-electron chi connectivity index (χ4n) is 3.75. The Morgan fingerprint density at radius 1 is 1.05 bits per heavy atom. The number of carbonyl (C=O) groups is 2. The zero-order valence-corrected chi connectivity index (χ0v) is 24.0. The quantitative estimate of drug-likeness (QED) is 0.0814. The smallest absolute Gasteiger partial charge is 0.341 e. The maximum atomic E-state index is 13.0. The van der Waals surface area contributed by atoms with Crippen molar-refractivity contribution in [1.82, 2.24) is 4.72 Å². The van der Waals surface area contributed by atoms with Gasteiger partial charge in [0, 0.05) is 6.54 Å². The van der Waals surface area contributed by atoms with Crippen LogP contribution < -0.4 is 14.8 Å². The molecule has 12 nitrogen and oxygen atoms in total. The number of esters is 2. The number of rotatable bonds is 14. The molecule has 0 radical (unpaired) electrons. The first-order valence-electron chi connectivity index (χ1n) is 13.4. The normalized spacial score (nSPS) is 22.3. The Balaban J connectivity index is 1.93. The fraction of sp³-hybridized carbons (Fsp3) is 0.500. The van der Waals surface area contributed by atoms with Gasteiger partial charge in [0.25, 0.3) is 0 Å². The second-order valence-corrected chi connectivity index (χ2v) is 10.6. The standard InChI is InChI=1S/C28H38N2O10S/c1-4-5-11-29-19-12-17(28(36)38-15-37-27(35)16(2)3)13-21(25(19)39-18-9-7-6-8-10-18)41-30-26-24(34)23(33)22(32)20(14-31)40-26/h6-10,12-13,16,20,22-24,26,29-34H,4-5,11,14-15H2,1-3H3/t20-,22-,23+,24-,26?/m1/s1. The summed E-state index contributed by atoms with van der Waals surface area (Å²) in [5, 5.41) is 43.6. The average molecular weight is 595 g/mol. The lowest BCUT2D eigenvalue weighted by Gasteiger charge is -2.40. The lowest BCUT2D eigenvalue weighted by molar-refractivity contribution is -0.231. The second-order valence-electron chi connectivity index (χ2n) is 9.68. The molecule has 3 rings (SSSR count). The third-order valence-corrected chi connectivity index (χ3v) is 7.01. The molecule has 2 aromatic carbocycles. The van der Waals surface area contributed by atoms with Gasteiger partial charge in [-0.1, -0.05) is 45.4 Å². The number of ether oxygens (including phenoxy) is 4. The van der Waals surface area contributed by atoms with Crippen molar-refractivity contribution in [2.24, 2.45) is 5.92 Å². The van der Waals surface area contributed by atoms with Crippen LogP contribution >= 0.6 is 11.9 Å². The van der Waals surface area contributed by atoms with E-state index in [-0.39, 0.29) is 11.5 Å². The monoisotopic (exact) mass is 594 g/mol. The van der Waals surface area contributed by atoms with Gasteiger partial charge in [0.1, 0.15) is 36.4 Å². The number of para-hydroxylation sites is 1. The Hall–Kier alpha value is -2.91. The van der Waals surface area contributed by atoms with E-state index in [1.54, 1.807) is 32.0 Å². The van der Waals surface area contributed by atoms with Gasteiger partial charge in [-0.25, -0.2) is 9.52 Å². The lowest BCUT2D eigenvalue weighted by atomic mass is 9.99. The molecule has 0 aliphatic carbocycles. The van der Waals surface area contributed by atoms with Crippen molar-refractivity contribution in [2.45, 2.75) is 69.2 Å². The van der Waals surface area contributed by atoms with Crippen molar-refractivity contribution >= 4 is 29.6 Å². The number of hydrogen-bond donors (Lipinski definition) is 6. The second kappa shape index (κ2) is 15.9. The van der Waals surface area contributed by atoms with E-state index >= 15 is 0 Å². The van der Waals surface area contributed by atoms with Gasteiger partial charge in [-0.2, -0.15) is 0 Å². The number of carbonyl (C=O) groups excluding carboxylic acids is 2. The summed E-state index contributed by atoms with van der Waals surface area (Å²) >= 11 is 0.942. The maximum Gasteiger partial charge on any atom is 0.341 e. The number of aliphatic hydroxyl groups is 4. The van der Waals surface area contributed by atoms with Gasteiger partial charge in [0.15, 0.2) is 5.75 Å². The van der Waals surface area contributed by atoms with Crippen LogP contribution in [-0.4, -0.2) is 83.0 Å². The molecule has 6 N–H and O–H groups in total. The van der Waals surface area contributed by atoms with Crippen molar-refractivity contribution in [3.8, 4) is 11.5 Å². The summed E-state index contributed by atoms with van der Waals surface area (Å²) in [7, 11) is 0. The topological polar surface area (TPSA) is 176 Å². The maximum absolute atomic E-state index is 13.0. The highest BCUT2D eigenvalue weighted by molar-refractivity contribution is 7.97. The molecule has 1 heterocycles. The van der Waals surface area contributed by atoms with E-state index in [2.05, 4.69) is 10.0 Å². The number of nitrogens with one attached hydrogen (secondary N) is 2. The molecule has 5 atom stereocenters. The van der Waals surface area contributed by atoms with Gasteiger partial charge in [-0.05, 0) is 42.6 Å². The Bertz CT molecular complexity index is 1130. The van der Waals surface area contributed by atoms with E-state index < -0.39 is 56.0 Å². The van der Waals surface area contributed by atoms with E-state index in [1.807, 2.05) is 25.1 Å². The number of aliphatic hydroxyl groups excluding tert-OH is 4. The Morgan fingerprint density at radius 3 is 2.44 bits per heavy atom. The van der Waals surface area contributed by atoms with Crippen LogP contribution in [0.3, 0.4) is 0 Å². The first-order valence-corrected chi connectivity index (χ1v) is 14.2. The predicted molar refractivity (Wildman–Crippen MR) is 150 cm³/mol. The van der Waals surface area contributed by atoms with Crippen LogP contribution in [0.4, 0.5) is 5.69 Å². The minimum Gasteiger partial charge on any atom is -0.454 e. The summed E-state index contributed by atoms with van der Waals surface area (Å²) in [5.41, 5.74) is 0.608. The predicted octanol–water partition coefficient (Wildman–Crippen LogP) is 2.40. The molecule has 13 heteroatoms. The minimum absolute atomic E-state index is 0.128. The Morgan fingerprint density at radius 2 is 1.78 bits per heavy atom. The summed E-state index contributed by atoms with van der Waals surface area (Å²) in [6, 6.07) is 12.1. The van der Waals surface area contributed by atoms with Gasteiger partial charge < -0.3 is 44.7 Å². The van der Waals surface area contributed by atoms with Crippen LogP contribution in [-0.2, 0) is 19.0 Å².